The van der Waals surface area contributed by atoms with Gasteiger partial charge in [0.2, 0.25) is 0 Å². The summed E-state index contributed by atoms with van der Waals surface area (Å²) >= 11 is 0. The lowest BCUT2D eigenvalue weighted by atomic mass is 10.0. The van der Waals surface area contributed by atoms with E-state index in [-0.39, 0.29) is 0 Å². The molecule has 5 heteroatoms. The SMILES string of the molecule is CCCCO[P@](=O)(c1ccc(N(C)C)cc1)[C@H](O)c1ccc(C(C)C)cc1. The number of aliphatic hydroxyl groups is 1. The lowest BCUT2D eigenvalue weighted by molar-refractivity contribution is 0.213. The fourth-order valence-electron chi connectivity index (χ4n) is 2.84. The molecule has 0 aliphatic heterocycles. The topological polar surface area (TPSA) is 49.8 Å². The second-order valence-electron chi connectivity index (χ2n) is 7.39. The molecule has 2 rings (SSSR count). The third kappa shape index (κ3) is 5.22. The van der Waals surface area contributed by atoms with Crippen LogP contribution in [0.5, 0.6) is 0 Å². The van der Waals surface area contributed by atoms with Crippen LogP contribution in [0.1, 0.15) is 56.5 Å². The number of nitrogens with zero attached hydrogens (tertiary/aromatic N) is 1. The third-order valence-electron chi connectivity index (χ3n) is 4.73. The molecule has 0 aromatic heterocycles. The van der Waals surface area contributed by atoms with Crippen LogP contribution in [0.2, 0.25) is 0 Å². The van der Waals surface area contributed by atoms with Crippen LogP contribution >= 0.6 is 7.37 Å². The minimum absolute atomic E-state index is 0.365. The average Bonchev–Trinajstić information content (AvgIpc) is 2.67. The van der Waals surface area contributed by atoms with Crippen molar-refractivity contribution in [3.05, 3.63) is 59.7 Å². The van der Waals surface area contributed by atoms with Gasteiger partial charge in [-0.25, -0.2) is 0 Å². The Balaban J connectivity index is 2.37. The van der Waals surface area contributed by atoms with Gasteiger partial charge in [0.15, 0.2) is 5.85 Å². The first kappa shape index (κ1) is 21.7. The van der Waals surface area contributed by atoms with Crippen LogP contribution in [0, 0.1) is 0 Å². The molecule has 2 aromatic rings. The van der Waals surface area contributed by atoms with Crippen LogP contribution in [0.25, 0.3) is 0 Å². The smallest absolute Gasteiger partial charge is 0.264 e. The molecule has 2 aromatic carbocycles. The van der Waals surface area contributed by atoms with E-state index in [1.54, 1.807) is 12.1 Å². The summed E-state index contributed by atoms with van der Waals surface area (Å²) in [6.07, 6.45) is 1.75. The Labute approximate surface area is 163 Å². The molecule has 4 nitrogen and oxygen atoms in total. The molecule has 0 fully saturated rings. The maximum Gasteiger partial charge on any atom is 0.264 e. The Bertz CT molecular complexity index is 754. The molecular weight excluding hydrogens is 357 g/mol. The van der Waals surface area contributed by atoms with Crippen molar-refractivity contribution in [1.29, 1.82) is 0 Å². The lowest BCUT2D eigenvalue weighted by Crippen LogP contribution is -2.16. The zero-order valence-corrected chi connectivity index (χ0v) is 17.9. The van der Waals surface area contributed by atoms with Gasteiger partial charge in [-0.05, 0) is 47.7 Å². The van der Waals surface area contributed by atoms with Gasteiger partial charge in [-0.15, -0.1) is 0 Å². The van der Waals surface area contributed by atoms with E-state index in [1.807, 2.05) is 55.4 Å². The fourth-order valence-corrected chi connectivity index (χ4v) is 4.94. The van der Waals surface area contributed by atoms with Gasteiger partial charge >= 0.3 is 0 Å². The van der Waals surface area contributed by atoms with Gasteiger partial charge in [-0.2, -0.15) is 0 Å². The van der Waals surface area contributed by atoms with E-state index in [9.17, 15) is 9.67 Å². The second kappa shape index (κ2) is 9.54. The van der Waals surface area contributed by atoms with Gasteiger partial charge in [-0.3, -0.25) is 4.57 Å². The largest absolute Gasteiger partial charge is 0.378 e. The van der Waals surface area contributed by atoms with E-state index in [2.05, 4.69) is 20.8 Å². The standard InChI is InChI=1S/C22H32NO3P/c1-6-7-16-26-27(25,21-14-12-20(13-15-21)23(4)5)22(24)19-10-8-18(9-11-19)17(2)3/h8-15,17,22,24H,6-7,16H2,1-5H3/t22-,27+/m0/s1. The highest BCUT2D eigenvalue weighted by Crippen LogP contribution is 2.57. The number of benzene rings is 2. The molecule has 2 atom stereocenters. The zero-order valence-electron chi connectivity index (χ0n) is 17.1. The van der Waals surface area contributed by atoms with Gasteiger partial charge in [0.05, 0.1) is 6.61 Å². The molecule has 0 spiro atoms. The summed E-state index contributed by atoms with van der Waals surface area (Å²) in [6.45, 7) is 6.67. The Morgan fingerprint density at radius 3 is 2.04 bits per heavy atom. The third-order valence-corrected chi connectivity index (χ3v) is 7.26. The van der Waals surface area contributed by atoms with E-state index >= 15 is 0 Å². The molecule has 0 unspecified atom stereocenters. The van der Waals surface area contributed by atoms with Crippen LogP contribution in [-0.2, 0) is 9.09 Å². The second-order valence-corrected chi connectivity index (χ2v) is 9.85. The first-order valence-electron chi connectivity index (χ1n) is 9.59. The van der Waals surface area contributed by atoms with E-state index < -0.39 is 13.2 Å². The van der Waals surface area contributed by atoms with Gasteiger partial charge in [0.1, 0.15) is 0 Å². The minimum Gasteiger partial charge on any atom is -0.378 e. The van der Waals surface area contributed by atoms with Crippen LogP contribution in [0.15, 0.2) is 48.5 Å². The number of unbranched alkanes of at least 4 members (excludes halogenated alkanes) is 1. The van der Waals surface area contributed by atoms with Crippen molar-refractivity contribution in [2.75, 3.05) is 25.6 Å². The fraction of sp³-hybridized carbons (Fsp3) is 0.455. The minimum atomic E-state index is -3.47. The molecule has 0 aliphatic rings. The molecule has 27 heavy (non-hydrogen) atoms. The summed E-state index contributed by atoms with van der Waals surface area (Å²) in [5.41, 5.74) is 2.81. The molecule has 0 bridgehead atoms. The first-order chi connectivity index (χ1) is 12.8. The zero-order chi connectivity index (χ0) is 20.0. The van der Waals surface area contributed by atoms with Gasteiger partial charge < -0.3 is 14.5 Å². The maximum absolute atomic E-state index is 13.8. The Hall–Kier alpha value is -1.61. The van der Waals surface area contributed by atoms with Crippen molar-refractivity contribution in [1.82, 2.24) is 0 Å². The predicted molar refractivity (Wildman–Crippen MR) is 114 cm³/mol. The Morgan fingerprint density at radius 1 is 1.00 bits per heavy atom. The van der Waals surface area contributed by atoms with Gasteiger partial charge in [0.25, 0.3) is 7.37 Å². The van der Waals surface area contributed by atoms with Crippen molar-refractivity contribution >= 4 is 18.4 Å². The summed E-state index contributed by atoms with van der Waals surface area (Å²) < 4.78 is 19.6. The van der Waals surface area contributed by atoms with Gasteiger partial charge in [0, 0.05) is 25.1 Å². The number of aliphatic hydroxyl groups excluding tert-OH is 1. The van der Waals surface area contributed by atoms with E-state index in [0.717, 1.165) is 18.5 Å². The maximum atomic E-state index is 13.8. The van der Waals surface area contributed by atoms with E-state index in [0.29, 0.717) is 23.4 Å². The van der Waals surface area contributed by atoms with Crippen LogP contribution in [0.4, 0.5) is 5.69 Å². The number of hydrogen-bond acceptors (Lipinski definition) is 4. The number of rotatable bonds is 9. The van der Waals surface area contributed by atoms with Gasteiger partial charge in [-0.1, -0.05) is 51.5 Å². The molecule has 0 amide bonds. The summed E-state index contributed by atoms with van der Waals surface area (Å²) in [5.74, 6) is -0.775. The lowest BCUT2D eigenvalue weighted by Gasteiger charge is -2.25. The molecule has 148 valence electrons. The van der Waals surface area contributed by atoms with E-state index in [1.165, 1.54) is 5.56 Å². The molecule has 0 radical (unpaired) electrons. The molecule has 0 aliphatic carbocycles. The summed E-state index contributed by atoms with van der Waals surface area (Å²) in [7, 11) is 0.445. The highest BCUT2D eigenvalue weighted by molar-refractivity contribution is 7.67. The monoisotopic (exact) mass is 389 g/mol. The Kier molecular flexibility index (Phi) is 7.67. The van der Waals surface area contributed by atoms with Crippen molar-refractivity contribution < 1.29 is 14.2 Å². The van der Waals surface area contributed by atoms with Crippen molar-refractivity contribution in [2.24, 2.45) is 0 Å². The molecule has 1 N–H and O–H groups in total. The highest BCUT2D eigenvalue weighted by atomic mass is 31.2. The molecular formula is C22H32NO3P. The van der Waals surface area contributed by atoms with Crippen LogP contribution in [-0.4, -0.2) is 25.8 Å². The normalized spacial score (nSPS) is 14.8. The Morgan fingerprint density at radius 2 is 1.56 bits per heavy atom. The molecule has 0 heterocycles. The average molecular weight is 389 g/mol. The van der Waals surface area contributed by atoms with Crippen molar-refractivity contribution in [3.63, 3.8) is 0 Å². The van der Waals surface area contributed by atoms with Crippen molar-refractivity contribution in [3.8, 4) is 0 Å². The van der Waals surface area contributed by atoms with Crippen molar-refractivity contribution in [2.45, 2.75) is 45.4 Å². The highest BCUT2D eigenvalue weighted by Gasteiger charge is 2.36. The molecule has 0 saturated heterocycles. The summed E-state index contributed by atoms with van der Waals surface area (Å²) in [5, 5.41) is 11.5. The first-order valence-corrected chi connectivity index (χ1v) is 11.3. The number of anilines is 1. The van der Waals surface area contributed by atoms with E-state index in [4.69, 9.17) is 4.52 Å². The summed E-state index contributed by atoms with van der Waals surface area (Å²) in [4.78, 5) is 1.98. The predicted octanol–water partition coefficient (Wildman–Crippen LogP) is 5.29. The number of hydrogen-bond donors (Lipinski definition) is 1. The molecule has 0 saturated carbocycles. The quantitative estimate of drug-likeness (QED) is 0.468. The van der Waals surface area contributed by atoms with Crippen LogP contribution < -0.4 is 10.2 Å². The summed E-state index contributed by atoms with van der Waals surface area (Å²) in [6, 6.07) is 15.1. The van der Waals surface area contributed by atoms with Crippen LogP contribution in [0.3, 0.4) is 0 Å².